The quantitative estimate of drug-likeness (QED) is 0.724. The molecule has 0 spiro atoms. The highest BCUT2D eigenvalue weighted by Gasteiger charge is 2.14. The van der Waals surface area contributed by atoms with Crippen LogP contribution in [-0.4, -0.2) is 46.0 Å². The van der Waals surface area contributed by atoms with Crippen LogP contribution in [0.15, 0.2) is 29.2 Å². The molecule has 0 bridgehead atoms. The summed E-state index contributed by atoms with van der Waals surface area (Å²) in [5, 5.41) is 3.19. The standard InChI is InChI=1S/C15H27N3O2S/c1-5-16-12-14-7-6-8-15(11-14)21(19,20)17-9-10-18(4)13(2)3/h6-8,11,13,16-17H,5,9-10,12H2,1-4H3. The van der Waals surface area contributed by atoms with E-state index in [1.165, 1.54) is 0 Å². The first-order chi connectivity index (χ1) is 9.86. The topological polar surface area (TPSA) is 61.4 Å². The summed E-state index contributed by atoms with van der Waals surface area (Å²) in [6, 6.07) is 7.45. The Labute approximate surface area is 128 Å². The molecule has 0 atom stereocenters. The van der Waals surface area contributed by atoms with Crippen molar-refractivity contribution in [3.63, 3.8) is 0 Å². The molecule has 1 rings (SSSR count). The Morgan fingerprint density at radius 2 is 2.00 bits per heavy atom. The lowest BCUT2D eigenvalue weighted by Gasteiger charge is -2.20. The van der Waals surface area contributed by atoms with Gasteiger partial charge in [-0.25, -0.2) is 13.1 Å². The Hall–Kier alpha value is -0.950. The molecule has 0 amide bonds. The Morgan fingerprint density at radius 1 is 1.29 bits per heavy atom. The molecule has 0 saturated carbocycles. The maximum absolute atomic E-state index is 12.3. The number of nitrogens with one attached hydrogen (secondary N) is 2. The average Bonchev–Trinajstić information content (AvgIpc) is 2.45. The van der Waals surface area contributed by atoms with E-state index in [9.17, 15) is 8.42 Å². The molecule has 120 valence electrons. The predicted molar refractivity (Wildman–Crippen MR) is 86.8 cm³/mol. The number of nitrogens with zero attached hydrogens (tertiary/aromatic N) is 1. The maximum Gasteiger partial charge on any atom is 0.240 e. The molecular weight excluding hydrogens is 286 g/mol. The first-order valence-electron chi connectivity index (χ1n) is 7.36. The summed E-state index contributed by atoms with van der Waals surface area (Å²) in [5.41, 5.74) is 0.971. The third-order valence-electron chi connectivity index (χ3n) is 3.43. The minimum Gasteiger partial charge on any atom is -0.313 e. The summed E-state index contributed by atoms with van der Waals surface area (Å²) in [6.45, 7) is 8.82. The zero-order valence-corrected chi connectivity index (χ0v) is 14.2. The maximum atomic E-state index is 12.3. The van der Waals surface area contributed by atoms with Gasteiger partial charge in [0.15, 0.2) is 0 Å². The number of hydrogen-bond donors (Lipinski definition) is 2. The molecule has 0 unspecified atom stereocenters. The van der Waals surface area contributed by atoms with Crippen molar-refractivity contribution in [1.82, 2.24) is 14.9 Å². The van der Waals surface area contributed by atoms with Gasteiger partial charge in [0.05, 0.1) is 4.90 Å². The van der Waals surface area contributed by atoms with Gasteiger partial charge >= 0.3 is 0 Å². The summed E-state index contributed by atoms with van der Waals surface area (Å²) in [7, 11) is -1.45. The Morgan fingerprint density at radius 3 is 2.62 bits per heavy atom. The van der Waals surface area contributed by atoms with Crippen molar-refractivity contribution < 1.29 is 8.42 Å². The van der Waals surface area contributed by atoms with Crippen LogP contribution in [-0.2, 0) is 16.6 Å². The van der Waals surface area contributed by atoms with E-state index in [2.05, 4.69) is 28.8 Å². The van der Waals surface area contributed by atoms with Gasteiger partial charge < -0.3 is 10.2 Å². The summed E-state index contributed by atoms with van der Waals surface area (Å²) >= 11 is 0. The fraction of sp³-hybridized carbons (Fsp3) is 0.600. The third-order valence-corrected chi connectivity index (χ3v) is 4.88. The van der Waals surface area contributed by atoms with Crippen molar-refractivity contribution in [2.24, 2.45) is 0 Å². The van der Waals surface area contributed by atoms with E-state index in [1.807, 2.05) is 20.0 Å². The van der Waals surface area contributed by atoms with Crippen molar-refractivity contribution in [3.8, 4) is 0 Å². The number of sulfonamides is 1. The number of rotatable bonds is 9. The van der Waals surface area contributed by atoms with Crippen LogP contribution in [0.4, 0.5) is 0 Å². The predicted octanol–water partition coefficient (Wildman–Crippen LogP) is 1.41. The van der Waals surface area contributed by atoms with E-state index in [-0.39, 0.29) is 0 Å². The summed E-state index contributed by atoms with van der Waals surface area (Å²) in [6.07, 6.45) is 0. The van der Waals surface area contributed by atoms with Gasteiger partial charge in [0.2, 0.25) is 10.0 Å². The van der Waals surface area contributed by atoms with Crippen molar-refractivity contribution in [2.45, 2.75) is 38.3 Å². The highest BCUT2D eigenvalue weighted by molar-refractivity contribution is 7.89. The number of hydrogen-bond acceptors (Lipinski definition) is 4. The minimum atomic E-state index is -3.43. The summed E-state index contributed by atoms with van der Waals surface area (Å²) in [5.74, 6) is 0. The van der Waals surface area contributed by atoms with E-state index in [0.717, 1.165) is 12.1 Å². The molecule has 0 aliphatic heterocycles. The Balaban J connectivity index is 2.65. The highest BCUT2D eigenvalue weighted by Crippen LogP contribution is 2.11. The van der Waals surface area contributed by atoms with Crippen molar-refractivity contribution in [2.75, 3.05) is 26.7 Å². The van der Waals surface area contributed by atoms with Crippen molar-refractivity contribution in [3.05, 3.63) is 29.8 Å². The van der Waals surface area contributed by atoms with Gasteiger partial charge in [0, 0.05) is 25.7 Å². The molecule has 0 aliphatic carbocycles. The lowest BCUT2D eigenvalue weighted by atomic mass is 10.2. The van der Waals surface area contributed by atoms with Gasteiger partial charge in [-0.3, -0.25) is 0 Å². The third kappa shape index (κ3) is 6.13. The molecule has 6 heteroatoms. The molecule has 0 aliphatic rings. The highest BCUT2D eigenvalue weighted by atomic mass is 32.2. The molecule has 5 nitrogen and oxygen atoms in total. The van der Waals surface area contributed by atoms with Crippen LogP contribution in [0.1, 0.15) is 26.3 Å². The lowest BCUT2D eigenvalue weighted by molar-refractivity contribution is 0.278. The van der Waals surface area contributed by atoms with Crippen LogP contribution in [0, 0.1) is 0 Å². The molecular formula is C15H27N3O2S. The van der Waals surface area contributed by atoms with Crippen molar-refractivity contribution in [1.29, 1.82) is 0 Å². The SMILES string of the molecule is CCNCc1cccc(S(=O)(=O)NCCN(C)C(C)C)c1. The van der Waals surface area contributed by atoms with E-state index in [1.54, 1.807) is 18.2 Å². The van der Waals surface area contributed by atoms with Gasteiger partial charge in [-0.2, -0.15) is 0 Å². The Bertz CT molecular complexity index is 529. The lowest BCUT2D eigenvalue weighted by Crippen LogP contribution is -2.36. The first kappa shape index (κ1) is 18.1. The molecule has 1 aromatic carbocycles. The second-order valence-corrected chi connectivity index (χ2v) is 7.17. The molecule has 0 aromatic heterocycles. The normalized spacial score (nSPS) is 12.3. The molecule has 0 fully saturated rings. The van der Waals surface area contributed by atoms with Crippen LogP contribution >= 0.6 is 0 Å². The van der Waals surface area contributed by atoms with Gasteiger partial charge in [0.25, 0.3) is 0 Å². The van der Waals surface area contributed by atoms with Crippen LogP contribution in [0.25, 0.3) is 0 Å². The van der Waals surface area contributed by atoms with E-state index in [4.69, 9.17) is 0 Å². The van der Waals surface area contributed by atoms with Gasteiger partial charge in [-0.05, 0) is 45.1 Å². The molecule has 1 aromatic rings. The summed E-state index contributed by atoms with van der Waals surface area (Å²) in [4.78, 5) is 2.43. The zero-order chi connectivity index (χ0) is 15.9. The zero-order valence-electron chi connectivity index (χ0n) is 13.4. The second-order valence-electron chi connectivity index (χ2n) is 5.40. The Kier molecular flexibility index (Phi) is 7.31. The largest absolute Gasteiger partial charge is 0.313 e. The van der Waals surface area contributed by atoms with Crippen LogP contribution in [0.2, 0.25) is 0 Å². The van der Waals surface area contributed by atoms with Gasteiger partial charge in [-0.15, -0.1) is 0 Å². The fourth-order valence-electron chi connectivity index (χ4n) is 1.79. The van der Waals surface area contributed by atoms with E-state index >= 15 is 0 Å². The summed E-state index contributed by atoms with van der Waals surface area (Å²) < 4.78 is 27.2. The van der Waals surface area contributed by atoms with Crippen molar-refractivity contribution >= 4 is 10.0 Å². The van der Waals surface area contributed by atoms with E-state index in [0.29, 0.717) is 30.6 Å². The van der Waals surface area contributed by atoms with Gasteiger partial charge in [0.1, 0.15) is 0 Å². The number of likely N-dealkylation sites (N-methyl/N-ethyl adjacent to an activating group) is 1. The first-order valence-corrected chi connectivity index (χ1v) is 8.84. The molecule has 21 heavy (non-hydrogen) atoms. The monoisotopic (exact) mass is 313 g/mol. The minimum absolute atomic E-state index is 0.324. The molecule has 2 N–H and O–H groups in total. The second kappa shape index (κ2) is 8.48. The van der Waals surface area contributed by atoms with Crippen LogP contribution in [0.5, 0.6) is 0 Å². The molecule has 0 saturated heterocycles. The average molecular weight is 313 g/mol. The molecule has 0 radical (unpaired) electrons. The van der Waals surface area contributed by atoms with E-state index < -0.39 is 10.0 Å². The van der Waals surface area contributed by atoms with Crippen LogP contribution in [0.3, 0.4) is 0 Å². The van der Waals surface area contributed by atoms with Crippen LogP contribution < -0.4 is 10.0 Å². The molecule has 0 heterocycles. The number of benzene rings is 1. The van der Waals surface area contributed by atoms with Gasteiger partial charge in [-0.1, -0.05) is 19.1 Å². The fourth-order valence-corrected chi connectivity index (χ4v) is 2.88. The smallest absolute Gasteiger partial charge is 0.240 e.